The summed E-state index contributed by atoms with van der Waals surface area (Å²) in [6.45, 7) is 0.547. The van der Waals surface area contributed by atoms with Crippen LogP contribution in [0.3, 0.4) is 0 Å². The summed E-state index contributed by atoms with van der Waals surface area (Å²) in [6.07, 6.45) is 9.42. The van der Waals surface area contributed by atoms with Crippen LogP contribution in [0.5, 0.6) is 11.5 Å². The average Bonchev–Trinajstić information content (AvgIpc) is 3.53. The van der Waals surface area contributed by atoms with Crippen LogP contribution in [0.25, 0.3) is 22.5 Å². The van der Waals surface area contributed by atoms with Crippen molar-refractivity contribution in [2.45, 2.75) is 81.8 Å². The van der Waals surface area contributed by atoms with Crippen LogP contribution in [0.1, 0.15) is 70.6 Å². The second-order valence-corrected chi connectivity index (χ2v) is 15.2. The van der Waals surface area contributed by atoms with Gasteiger partial charge in [-0.2, -0.15) is 0 Å². The van der Waals surface area contributed by atoms with Crippen molar-refractivity contribution in [3.8, 4) is 34.0 Å². The predicted octanol–water partition coefficient (Wildman–Crippen LogP) is 6.71. The Kier molecular flexibility index (Phi) is 11.2. The number of nitrogens with zero attached hydrogens (tertiary/aromatic N) is 1. The number of aromatic amines is 1. The van der Waals surface area contributed by atoms with Crippen molar-refractivity contribution in [1.82, 2.24) is 20.6 Å². The first-order valence-corrected chi connectivity index (χ1v) is 18.6. The van der Waals surface area contributed by atoms with Gasteiger partial charge in [0.05, 0.1) is 25.6 Å². The molecule has 4 aliphatic rings. The minimum atomic E-state index is -1.03. The van der Waals surface area contributed by atoms with Gasteiger partial charge in [-0.3, -0.25) is 9.59 Å². The molecule has 0 unspecified atom stereocenters. The maximum atomic E-state index is 13.2. The Hall–Kier alpha value is -3.99. The molecule has 4 bridgehead atoms. The SMILES string of the molecule is COc1ccc(-c2nc(SCCCC(=O)N[C@@H](CCCCNC(=O)C34CC5CC(CC(C5)C3)C4)C(=O)O)[nH]c2-c2ccc(OC)cc2)cc1. The molecular weight excluding hydrogens is 641 g/mol. The van der Waals surface area contributed by atoms with E-state index in [1.165, 1.54) is 31.0 Å². The van der Waals surface area contributed by atoms with Gasteiger partial charge in [0.1, 0.15) is 17.5 Å². The largest absolute Gasteiger partial charge is 0.497 e. The number of carbonyl (C=O) groups excluding carboxylic acids is 2. The molecule has 4 N–H and O–H groups in total. The van der Waals surface area contributed by atoms with Gasteiger partial charge in [0.2, 0.25) is 11.8 Å². The second kappa shape index (κ2) is 15.7. The van der Waals surface area contributed by atoms with Crippen molar-refractivity contribution in [2.75, 3.05) is 26.5 Å². The van der Waals surface area contributed by atoms with Crippen molar-refractivity contribution < 1.29 is 29.0 Å². The number of benzene rings is 2. The van der Waals surface area contributed by atoms with Gasteiger partial charge in [-0.15, -0.1) is 0 Å². The zero-order valence-electron chi connectivity index (χ0n) is 28.5. The van der Waals surface area contributed by atoms with E-state index in [0.29, 0.717) is 38.0 Å². The fourth-order valence-electron chi connectivity index (χ4n) is 8.52. The number of hydrogen-bond acceptors (Lipinski definition) is 7. The molecule has 2 aromatic carbocycles. The van der Waals surface area contributed by atoms with Crippen molar-refractivity contribution in [2.24, 2.45) is 23.2 Å². The van der Waals surface area contributed by atoms with E-state index in [9.17, 15) is 19.5 Å². The number of hydrogen-bond donors (Lipinski definition) is 4. The Labute approximate surface area is 292 Å². The molecular formula is C38H48N4O6S. The number of unbranched alkanes of at least 4 members (excludes halogenated alkanes) is 1. The van der Waals surface area contributed by atoms with Gasteiger partial charge in [0.25, 0.3) is 0 Å². The molecule has 1 heterocycles. The molecule has 0 spiro atoms. The average molecular weight is 689 g/mol. The number of rotatable bonds is 17. The smallest absolute Gasteiger partial charge is 0.326 e. The first kappa shape index (κ1) is 34.9. The van der Waals surface area contributed by atoms with Crippen molar-refractivity contribution in [3.05, 3.63) is 48.5 Å². The number of H-pyrrole nitrogens is 1. The van der Waals surface area contributed by atoms with E-state index in [2.05, 4.69) is 15.6 Å². The molecule has 2 amide bonds. The lowest BCUT2D eigenvalue weighted by molar-refractivity contribution is -0.146. The molecule has 11 heteroatoms. The summed E-state index contributed by atoms with van der Waals surface area (Å²) in [7, 11) is 3.27. The highest BCUT2D eigenvalue weighted by molar-refractivity contribution is 7.99. The number of carboxylic acids is 1. The first-order chi connectivity index (χ1) is 23.7. The molecule has 4 aliphatic carbocycles. The van der Waals surface area contributed by atoms with Crippen LogP contribution >= 0.6 is 11.8 Å². The Morgan fingerprint density at radius 3 is 2.06 bits per heavy atom. The van der Waals surface area contributed by atoms with E-state index in [-0.39, 0.29) is 23.7 Å². The molecule has 7 rings (SSSR count). The number of methoxy groups -OCH3 is 2. The van der Waals surface area contributed by atoms with Crippen molar-refractivity contribution >= 4 is 29.5 Å². The summed E-state index contributed by atoms with van der Waals surface area (Å²) in [5, 5.41) is 16.3. The van der Waals surface area contributed by atoms with Crippen LogP contribution in [0.4, 0.5) is 0 Å². The van der Waals surface area contributed by atoms with Gasteiger partial charge in [0, 0.05) is 35.3 Å². The van der Waals surface area contributed by atoms with Gasteiger partial charge >= 0.3 is 5.97 Å². The number of nitrogens with one attached hydrogen (secondary N) is 3. The molecule has 1 aromatic heterocycles. The molecule has 4 saturated carbocycles. The summed E-state index contributed by atoms with van der Waals surface area (Å²) in [5.74, 6) is 3.21. The number of ether oxygens (including phenoxy) is 2. The van der Waals surface area contributed by atoms with Crippen LogP contribution in [-0.2, 0) is 14.4 Å². The molecule has 0 saturated heterocycles. The number of thioether (sulfide) groups is 1. The van der Waals surface area contributed by atoms with Gasteiger partial charge in [0.15, 0.2) is 5.16 Å². The highest BCUT2D eigenvalue weighted by Gasteiger charge is 2.54. The highest BCUT2D eigenvalue weighted by Crippen LogP contribution is 2.60. The third-order valence-corrected chi connectivity index (χ3v) is 11.5. The molecule has 3 aromatic rings. The predicted molar refractivity (Wildman–Crippen MR) is 190 cm³/mol. The third kappa shape index (κ3) is 8.43. The molecule has 49 heavy (non-hydrogen) atoms. The van der Waals surface area contributed by atoms with E-state index >= 15 is 0 Å². The third-order valence-electron chi connectivity index (χ3n) is 10.6. The van der Waals surface area contributed by atoms with Gasteiger partial charge < -0.3 is 30.2 Å². The lowest BCUT2D eigenvalue weighted by Crippen LogP contribution is -2.53. The van der Waals surface area contributed by atoms with Crippen LogP contribution in [0.15, 0.2) is 53.7 Å². The number of aliphatic carboxylic acids is 1. The fraction of sp³-hybridized carbons (Fsp3) is 0.526. The van der Waals surface area contributed by atoms with E-state index in [0.717, 1.165) is 76.2 Å². The number of aromatic nitrogens is 2. The zero-order chi connectivity index (χ0) is 34.4. The quantitative estimate of drug-likeness (QED) is 0.0906. The summed E-state index contributed by atoms with van der Waals surface area (Å²) in [5.41, 5.74) is 3.43. The van der Waals surface area contributed by atoms with Crippen LogP contribution in [-0.4, -0.2) is 65.4 Å². The molecule has 1 atom stereocenters. The minimum absolute atomic E-state index is 0.167. The maximum absolute atomic E-state index is 13.2. The number of carboxylic acid groups (broad SMARTS) is 1. The van der Waals surface area contributed by atoms with Crippen LogP contribution < -0.4 is 20.1 Å². The summed E-state index contributed by atoms with van der Waals surface area (Å²) in [4.78, 5) is 46.1. The molecule has 0 aliphatic heterocycles. The number of imidazole rings is 1. The number of amides is 2. The van der Waals surface area contributed by atoms with Crippen LogP contribution in [0.2, 0.25) is 0 Å². The summed E-state index contributed by atoms with van der Waals surface area (Å²) in [6, 6.07) is 14.6. The molecule has 10 nitrogen and oxygen atoms in total. The van der Waals surface area contributed by atoms with E-state index in [4.69, 9.17) is 14.5 Å². The van der Waals surface area contributed by atoms with E-state index < -0.39 is 12.0 Å². The van der Waals surface area contributed by atoms with Gasteiger partial charge in [-0.05, 0) is 130 Å². The topological polar surface area (TPSA) is 143 Å². The monoisotopic (exact) mass is 688 g/mol. The Bertz CT molecular complexity index is 1500. The molecule has 262 valence electrons. The Morgan fingerprint density at radius 2 is 1.49 bits per heavy atom. The van der Waals surface area contributed by atoms with Crippen molar-refractivity contribution in [1.29, 1.82) is 0 Å². The summed E-state index contributed by atoms with van der Waals surface area (Å²) < 4.78 is 10.6. The van der Waals surface area contributed by atoms with Gasteiger partial charge in [-0.25, -0.2) is 9.78 Å². The summed E-state index contributed by atoms with van der Waals surface area (Å²) >= 11 is 1.52. The highest BCUT2D eigenvalue weighted by atomic mass is 32.2. The lowest BCUT2D eigenvalue weighted by atomic mass is 9.49. The molecule has 0 radical (unpaired) electrons. The Morgan fingerprint density at radius 1 is 0.898 bits per heavy atom. The zero-order valence-corrected chi connectivity index (χ0v) is 29.3. The van der Waals surface area contributed by atoms with E-state index in [1.807, 2.05) is 48.5 Å². The lowest BCUT2D eigenvalue weighted by Gasteiger charge is -2.55. The standard InChI is InChI=1S/C38H48N4O6S/c1-47-29-12-8-27(9-13-29)33-34(28-10-14-30(48-2)15-11-28)42-37(41-33)49-17-5-7-32(43)40-31(35(44)45)6-3-4-16-39-36(46)38-21-24-18-25(22-38)20-26(19-24)23-38/h8-15,24-26,31H,3-7,16-23H2,1-2H3,(H,39,46)(H,40,43)(H,41,42)(H,44,45)/t24?,25?,26?,31-,38?/m0/s1. The molecule has 4 fully saturated rings. The normalized spacial score (nSPS) is 22.8. The maximum Gasteiger partial charge on any atom is 0.326 e. The Balaban J connectivity index is 0.943. The fourth-order valence-corrected chi connectivity index (χ4v) is 9.33. The number of carbonyl (C=O) groups is 3. The van der Waals surface area contributed by atoms with Crippen molar-refractivity contribution in [3.63, 3.8) is 0 Å². The first-order valence-electron chi connectivity index (χ1n) is 17.6. The van der Waals surface area contributed by atoms with E-state index in [1.54, 1.807) is 14.2 Å². The van der Waals surface area contributed by atoms with Gasteiger partial charge in [-0.1, -0.05) is 11.8 Å². The van der Waals surface area contributed by atoms with Crippen LogP contribution in [0, 0.1) is 23.2 Å². The minimum Gasteiger partial charge on any atom is -0.497 e. The second-order valence-electron chi connectivity index (χ2n) is 14.1.